The number of nitrogens with two attached hydrogens (primary N) is 1. The molecule has 2 aromatic rings. The predicted octanol–water partition coefficient (Wildman–Crippen LogP) is 3.09. The van der Waals surface area contributed by atoms with E-state index >= 15 is 0 Å². The first-order valence-corrected chi connectivity index (χ1v) is 8.29. The summed E-state index contributed by atoms with van der Waals surface area (Å²) in [6.07, 6.45) is 0. The first-order chi connectivity index (χ1) is 10.1. The average Bonchev–Trinajstić information content (AvgIpc) is 2.98. The van der Waals surface area contributed by atoms with Crippen molar-refractivity contribution in [2.24, 2.45) is 0 Å². The van der Waals surface area contributed by atoms with E-state index in [1.807, 2.05) is 36.7 Å². The summed E-state index contributed by atoms with van der Waals surface area (Å²) in [6.45, 7) is 0.649. The molecule has 0 atom stereocenters. The number of thioether (sulfide) groups is 1. The van der Waals surface area contributed by atoms with E-state index in [1.165, 1.54) is 16.6 Å². The molecule has 0 aliphatic heterocycles. The van der Waals surface area contributed by atoms with Gasteiger partial charge in [-0.1, -0.05) is 6.07 Å². The number of carbonyl (C=O) groups excluding carboxylic acids is 1. The van der Waals surface area contributed by atoms with Crippen LogP contribution in [-0.2, 0) is 11.3 Å². The van der Waals surface area contributed by atoms with Crippen LogP contribution in [0.3, 0.4) is 0 Å². The van der Waals surface area contributed by atoms with E-state index in [0.717, 1.165) is 4.90 Å². The van der Waals surface area contributed by atoms with Crippen LogP contribution in [0.15, 0.2) is 40.6 Å². The average molecular weight is 322 g/mol. The molecule has 2 N–H and O–H groups in total. The SMILES string of the molecule is COc1cc(N)ccc1SCC(=O)N(C)Cc1cccs1. The Balaban J connectivity index is 1.91. The summed E-state index contributed by atoms with van der Waals surface area (Å²) in [4.78, 5) is 16.0. The molecule has 0 saturated heterocycles. The lowest BCUT2D eigenvalue weighted by molar-refractivity contribution is -0.127. The van der Waals surface area contributed by atoms with Gasteiger partial charge in [0.15, 0.2) is 0 Å². The highest BCUT2D eigenvalue weighted by molar-refractivity contribution is 8.00. The second-order valence-electron chi connectivity index (χ2n) is 4.53. The van der Waals surface area contributed by atoms with Gasteiger partial charge in [-0.25, -0.2) is 0 Å². The summed E-state index contributed by atoms with van der Waals surface area (Å²) in [5.41, 5.74) is 6.37. The van der Waals surface area contributed by atoms with E-state index in [-0.39, 0.29) is 5.91 Å². The van der Waals surface area contributed by atoms with Gasteiger partial charge in [0.05, 0.1) is 19.4 Å². The van der Waals surface area contributed by atoms with Crippen LogP contribution >= 0.6 is 23.1 Å². The number of thiophene rings is 1. The fourth-order valence-electron chi connectivity index (χ4n) is 1.78. The van der Waals surface area contributed by atoms with Crippen molar-refractivity contribution in [3.8, 4) is 5.75 Å². The molecule has 112 valence electrons. The molecule has 2 rings (SSSR count). The number of rotatable bonds is 6. The third-order valence-electron chi connectivity index (χ3n) is 2.94. The largest absolute Gasteiger partial charge is 0.496 e. The number of methoxy groups -OCH3 is 1. The Morgan fingerprint density at radius 2 is 2.24 bits per heavy atom. The monoisotopic (exact) mass is 322 g/mol. The molecule has 0 fully saturated rings. The molecule has 0 bridgehead atoms. The highest BCUT2D eigenvalue weighted by atomic mass is 32.2. The molecule has 1 amide bonds. The van der Waals surface area contributed by atoms with Gasteiger partial charge in [-0.2, -0.15) is 0 Å². The lowest BCUT2D eigenvalue weighted by atomic mass is 10.3. The van der Waals surface area contributed by atoms with Crippen LogP contribution in [0.1, 0.15) is 4.88 Å². The first-order valence-electron chi connectivity index (χ1n) is 6.43. The molecule has 0 unspecified atom stereocenters. The molecule has 21 heavy (non-hydrogen) atoms. The highest BCUT2D eigenvalue weighted by Gasteiger charge is 2.12. The summed E-state index contributed by atoms with van der Waals surface area (Å²) in [5, 5.41) is 2.02. The highest BCUT2D eigenvalue weighted by Crippen LogP contribution is 2.31. The minimum atomic E-state index is 0.0901. The molecule has 1 aromatic carbocycles. The fourth-order valence-corrected chi connectivity index (χ4v) is 3.48. The van der Waals surface area contributed by atoms with E-state index in [1.54, 1.807) is 29.4 Å². The Morgan fingerprint density at radius 3 is 2.90 bits per heavy atom. The lowest BCUT2D eigenvalue weighted by Gasteiger charge is -2.16. The number of hydrogen-bond donors (Lipinski definition) is 1. The third kappa shape index (κ3) is 4.41. The van der Waals surface area contributed by atoms with Crippen molar-refractivity contribution in [1.82, 2.24) is 4.90 Å². The van der Waals surface area contributed by atoms with Crippen LogP contribution in [0.4, 0.5) is 5.69 Å². The quantitative estimate of drug-likeness (QED) is 0.656. The Morgan fingerprint density at radius 1 is 1.43 bits per heavy atom. The van der Waals surface area contributed by atoms with Crippen molar-refractivity contribution in [3.05, 3.63) is 40.6 Å². The third-order valence-corrected chi connectivity index (χ3v) is 4.84. The maximum atomic E-state index is 12.2. The van der Waals surface area contributed by atoms with Crippen molar-refractivity contribution < 1.29 is 9.53 Å². The Hall–Kier alpha value is -1.66. The van der Waals surface area contributed by atoms with Crippen LogP contribution in [0.5, 0.6) is 5.75 Å². The standard InChI is InChI=1S/C15H18N2O2S2/c1-17(9-12-4-3-7-20-12)15(18)10-21-14-6-5-11(16)8-13(14)19-2/h3-8H,9-10,16H2,1-2H3. The number of ether oxygens (including phenoxy) is 1. The van der Waals surface area contributed by atoms with E-state index in [2.05, 4.69) is 0 Å². The maximum Gasteiger partial charge on any atom is 0.233 e. The van der Waals surface area contributed by atoms with Gasteiger partial charge in [-0.05, 0) is 23.6 Å². The van der Waals surface area contributed by atoms with Crippen molar-refractivity contribution in [2.75, 3.05) is 25.6 Å². The summed E-state index contributed by atoms with van der Waals surface area (Å²) in [7, 11) is 3.42. The van der Waals surface area contributed by atoms with Gasteiger partial charge in [-0.3, -0.25) is 4.79 Å². The Bertz CT molecular complexity index is 600. The number of nitrogens with zero attached hydrogens (tertiary/aromatic N) is 1. The second kappa shape index (κ2) is 7.38. The number of nitrogen functional groups attached to an aromatic ring is 1. The molecule has 0 saturated carbocycles. The predicted molar refractivity (Wildman–Crippen MR) is 88.9 cm³/mol. The van der Waals surface area contributed by atoms with Crippen LogP contribution in [0, 0.1) is 0 Å². The zero-order valence-electron chi connectivity index (χ0n) is 12.0. The first kappa shape index (κ1) is 15.7. The Labute approximate surface area is 132 Å². The minimum absolute atomic E-state index is 0.0901. The summed E-state index contributed by atoms with van der Waals surface area (Å²) in [5.74, 6) is 1.17. The van der Waals surface area contributed by atoms with Crippen molar-refractivity contribution >= 4 is 34.7 Å². The van der Waals surface area contributed by atoms with Crippen LogP contribution in [0.25, 0.3) is 0 Å². The number of hydrogen-bond acceptors (Lipinski definition) is 5. The van der Waals surface area contributed by atoms with Crippen molar-refractivity contribution in [2.45, 2.75) is 11.4 Å². The smallest absolute Gasteiger partial charge is 0.233 e. The molecular weight excluding hydrogens is 304 g/mol. The van der Waals surface area contributed by atoms with Gasteiger partial charge in [0.2, 0.25) is 5.91 Å². The summed E-state index contributed by atoms with van der Waals surface area (Å²) in [6, 6.07) is 9.48. The van der Waals surface area contributed by atoms with Gasteiger partial charge in [-0.15, -0.1) is 23.1 Å². The number of anilines is 1. The summed E-state index contributed by atoms with van der Waals surface area (Å²) >= 11 is 3.12. The Kier molecular flexibility index (Phi) is 5.52. The van der Waals surface area contributed by atoms with Crippen molar-refractivity contribution in [3.63, 3.8) is 0 Å². The van der Waals surface area contributed by atoms with Crippen molar-refractivity contribution in [1.29, 1.82) is 0 Å². The molecule has 0 aliphatic rings. The molecule has 0 radical (unpaired) electrons. The van der Waals surface area contributed by atoms with E-state index in [0.29, 0.717) is 23.7 Å². The maximum absolute atomic E-state index is 12.2. The number of benzene rings is 1. The molecule has 1 aromatic heterocycles. The molecule has 0 spiro atoms. The van der Waals surface area contributed by atoms with Gasteiger partial charge in [0.1, 0.15) is 5.75 Å². The fraction of sp³-hybridized carbons (Fsp3) is 0.267. The second-order valence-corrected chi connectivity index (χ2v) is 6.58. The van der Waals surface area contributed by atoms with Gasteiger partial charge in [0.25, 0.3) is 0 Å². The molecule has 6 heteroatoms. The topological polar surface area (TPSA) is 55.6 Å². The molecule has 4 nitrogen and oxygen atoms in total. The normalized spacial score (nSPS) is 10.4. The minimum Gasteiger partial charge on any atom is -0.496 e. The molecular formula is C15H18N2O2S2. The number of amides is 1. The summed E-state index contributed by atoms with van der Waals surface area (Å²) < 4.78 is 5.28. The molecule has 1 heterocycles. The lowest BCUT2D eigenvalue weighted by Crippen LogP contribution is -2.27. The van der Waals surface area contributed by atoms with Crippen LogP contribution < -0.4 is 10.5 Å². The van der Waals surface area contributed by atoms with E-state index in [9.17, 15) is 4.79 Å². The van der Waals surface area contributed by atoms with Gasteiger partial charge in [0, 0.05) is 28.6 Å². The van der Waals surface area contributed by atoms with Gasteiger partial charge >= 0.3 is 0 Å². The van der Waals surface area contributed by atoms with Crippen LogP contribution in [0.2, 0.25) is 0 Å². The van der Waals surface area contributed by atoms with E-state index in [4.69, 9.17) is 10.5 Å². The zero-order valence-corrected chi connectivity index (χ0v) is 13.7. The molecule has 0 aliphatic carbocycles. The van der Waals surface area contributed by atoms with Gasteiger partial charge < -0.3 is 15.4 Å². The number of carbonyl (C=O) groups is 1. The van der Waals surface area contributed by atoms with E-state index < -0.39 is 0 Å². The zero-order chi connectivity index (χ0) is 15.2. The van der Waals surface area contributed by atoms with Crippen LogP contribution in [-0.4, -0.2) is 30.7 Å².